The summed E-state index contributed by atoms with van der Waals surface area (Å²) in [4.78, 5) is 23.8. The van der Waals surface area contributed by atoms with Crippen molar-refractivity contribution < 1.29 is 9.53 Å². The highest BCUT2D eigenvalue weighted by Crippen LogP contribution is 2.27. The standard InChI is InChI=1S/C21H23ClN4O2/c1-21(2,3)20(27)25-9-10-28-18(13-25)16-6-4-5-15(24-16)17-11-23-19-8-7-14(22)12-26(17)19/h4-8,11-12,18H,9-10,13H2,1-3H3/t18-/m1/s1. The molecule has 0 aromatic carbocycles. The van der Waals surface area contributed by atoms with E-state index in [0.29, 0.717) is 24.7 Å². The molecule has 0 unspecified atom stereocenters. The van der Waals surface area contributed by atoms with Crippen molar-refractivity contribution in [1.82, 2.24) is 19.3 Å². The van der Waals surface area contributed by atoms with Crippen LogP contribution in [0, 0.1) is 5.41 Å². The monoisotopic (exact) mass is 398 g/mol. The molecule has 1 aliphatic rings. The van der Waals surface area contributed by atoms with Crippen LogP contribution in [0.15, 0.2) is 42.7 Å². The maximum absolute atomic E-state index is 12.7. The van der Waals surface area contributed by atoms with E-state index in [9.17, 15) is 4.79 Å². The number of hydrogen-bond donors (Lipinski definition) is 0. The molecule has 0 saturated carbocycles. The third-order valence-electron chi connectivity index (χ3n) is 4.83. The number of halogens is 1. The van der Waals surface area contributed by atoms with Crippen molar-refractivity contribution in [1.29, 1.82) is 0 Å². The number of ether oxygens (including phenoxy) is 1. The molecule has 1 saturated heterocycles. The average molecular weight is 399 g/mol. The van der Waals surface area contributed by atoms with Gasteiger partial charge in [-0.15, -0.1) is 0 Å². The molecular formula is C21H23ClN4O2. The molecule has 146 valence electrons. The van der Waals surface area contributed by atoms with Gasteiger partial charge in [0.25, 0.3) is 0 Å². The van der Waals surface area contributed by atoms with Gasteiger partial charge in [-0.3, -0.25) is 9.20 Å². The summed E-state index contributed by atoms with van der Waals surface area (Å²) in [6.07, 6.45) is 3.37. The lowest BCUT2D eigenvalue weighted by Crippen LogP contribution is -2.47. The summed E-state index contributed by atoms with van der Waals surface area (Å²) in [5.41, 5.74) is 2.85. The van der Waals surface area contributed by atoms with Crippen LogP contribution in [-0.4, -0.2) is 44.9 Å². The first kappa shape index (κ1) is 18.9. The second-order valence-electron chi connectivity index (χ2n) is 8.03. The molecule has 4 rings (SSSR count). The maximum atomic E-state index is 12.7. The zero-order valence-electron chi connectivity index (χ0n) is 16.2. The number of fused-ring (bicyclic) bond motifs is 1. The van der Waals surface area contributed by atoms with Crippen molar-refractivity contribution in [3.63, 3.8) is 0 Å². The molecule has 3 aromatic rings. The van der Waals surface area contributed by atoms with Crippen LogP contribution >= 0.6 is 11.6 Å². The lowest BCUT2D eigenvalue weighted by atomic mass is 9.94. The molecule has 1 atom stereocenters. The van der Waals surface area contributed by atoms with Crippen molar-refractivity contribution >= 4 is 23.2 Å². The number of rotatable bonds is 2. The Balaban J connectivity index is 1.63. The number of aromatic nitrogens is 3. The smallest absolute Gasteiger partial charge is 0.228 e. The van der Waals surface area contributed by atoms with E-state index in [-0.39, 0.29) is 12.0 Å². The Morgan fingerprint density at radius 2 is 2.07 bits per heavy atom. The minimum absolute atomic E-state index is 0.133. The van der Waals surface area contributed by atoms with E-state index in [0.717, 1.165) is 22.7 Å². The van der Waals surface area contributed by atoms with Gasteiger partial charge in [0.15, 0.2) is 0 Å². The first-order chi connectivity index (χ1) is 13.3. The fourth-order valence-electron chi connectivity index (χ4n) is 3.40. The average Bonchev–Trinajstić information content (AvgIpc) is 3.10. The highest BCUT2D eigenvalue weighted by molar-refractivity contribution is 6.30. The van der Waals surface area contributed by atoms with Gasteiger partial charge in [0, 0.05) is 18.2 Å². The lowest BCUT2D eigenvalue weighted by Gasteiger charge is -2.36. The molecule has 0 N–H and O–H groups in total. The second kappa shape index (κ2) is 7.18. The van der Waals surface area contributed by atoms with E-state index in [4.69, 9.17) is 21.3 Å². The molecule has 1 fully saturated rings. The first-order valence-corrected chi connectivity index (χ1v) is 9.71. The third-order valence-corrected chi connectivity index (χ3v) is 5.05. The maximum Gasteiger partial charge on any atom is 0.228 e. The van der Waals surface area contributed by atoms with Crippen LogP contribution in [0.3, 0.4) is 0 Å². The Hall–Kier alpha value is -2.44. The third kappa shape index (κ3) is 3.62. The van der Waals surface area contributed by atoms with Crippen molar-refractivity contribution in [3.8, 4) is 11.4 Å². The van der Waals surface area contributed by atoms with Crippen LogP contribution in [0.25, 0.3) is 17.0 Å². The highest BCUT2D eigenvalue weighted by atomic mass is 35.5. The van der Waals surface area contributed by atoms with Gasteiger partial charge in [-0.2, -0.15) is 0 Å². The van der Waals surface area contributed by atoms with Gasteiger partial charge in [-0.05, 0) is 24.3 Å². The van der Waals surface area contributed by atoms with E-state index in [2.05, 4.69) is 4.98 Å². The minimum atomic E-state index is -0.410. The summed E-state index contributed by atoms with van der Waals surface area (Å²) in [5, 5.41) is 0.634. The van der Waals surface area contributed by atoms with E-state index in [1.54, 1.807) is 6.20 Å². The molecule has 0 bridgehead atoms. The quantitative estimate of drug-likeness (QED) is 0.654. The number of morpholine rings is 1. The summed E-state index contributed by atoms with van der Waals surface area (Å²) < 4.78 is 7.86. The molecule has 7 heteroatoms. The molecule has 0 spiro atoms. The van der Waals surface area contributed by atoms with Gasteiger partial charge < -0.3 is 9.64 Å². The van der Waals surface area contributed by atoms with Crippen LogP contribution < -0.4 is 0 Å². The van der Waals surface area contributed by atoms with Gasteiger partial charge in [-0.1, -0.05) is 38.4 Å². The number of carbonyl (C=O) groups is 1. The summed E-state index contributed by atoms with van der Waals surface area (Å²) in [6.45, 7) is 7.44. The van der Waals surface area contributed by atoms with Gasteiger partial charge in [0.05, 0.1) is 41.5 Å². The van der Waals surface area contributed by atoms with E-state index in [1.165, 1.54) is 0 Å². The highest BCUT2D eigenvalue weighted by Gasteiger charge is 2.32. The lowest BCUT2D eigenvalue weighted by molar-refractivity contribution is -0.147. The zero-order valence-corrected chi connectivity index (χ0v) is 17.0. The predicted molar refractivity (Wildman–Crippen MR) is 108 cm³/mol. The number of nitrogens with zero attached hydrogens (tertiary/aromatic N) is 4. The van der Waals surface area contributed by atoms with Crippen LogP contribution in [0.1, 0.15) is 32.6 Å². The number of carbonyl (C=O) groups excluding carboxylic acids is 1. The Labute approximate surface area is 169 Å². The molecule has 0 radical (unpaired) electrons. The van der Waals surface area contributed by atoms with E-state index >= 15 is 0 Å². The van der Waals surface area contributed by atoms with Crippen LogP contribution in [0.5, 0.6) is 0 Å². The van der Waals surface area contributed by atoms with Crippen molar-refractivity contribution in [2.45, 2.75) is 26.9 Å². The van der Waals surface area contributed by atoms with Gasteiger partial charge in [-0.25, -0.2) is 9.97 Å². The largest absolute Gasteiger partial charge is 0.368 e. The molecular weight excluding hydrogens is 376 g/mol. The zero-order chi connectivity index (χ0) is 19.9. The normalized spacial score (nSPS) is 17.9. The predicted octanol–water partition coefficient (Wildman–Crippen LogP) is 4.00. The molecule has 0 aliphatic carbocycles. The molecule has 1 amide bonds. The number of hydrogen-bond acceptors (Lipinski definition) is 4. The molecule has 3 aromatic heterocycles. The fraction of sp³-hybridized carbons (Fsp3) is 0.381. The van der Waals surface area contributed by atoms with Crippen LogP contribution in [0.4, 0.5) is 0 Å². The van der Waals surface area contributed by atoms with Gasteiger partial charge >= 0.3 is 0 Å². The van der Waals surface area contributed by atoms with Crippen molar-refractivity contribution in [2.75, 3.05) is 19.7 Å². The van der Waals surface area contributed by atoms with Crippen LogP contribution in [0.2, 0.25) is 5.02 Å². The molecule has 6 nitrogen and oxygen atoms in total. The van der Waals surface area contributed by atoms with E-state index < -0.39 is 5.41 Å². The van der Waals surface area contributed by atoms with E-state index in [1.807, 2.05) is 66.6 Å². The molecule has 28 heavy (non-hydrogen) atoms. The Morgan fingerprint density at radius 1 is 1.25 bits per heavy atom. The Bertz CT molecular complexity index is 1020. The summed E-state index contributed by atoms with van der Waals surface area (Å²) in [5.74, 6) is 0.133. The SMILES string of the molecule is CC(C)(C)C(=O)N1CCO[C@@H](c2cccc(-c3cnc4ccc(Cl)cn34)n2)C1. The summed E-state index contributed by atoms with van der Waals surface area (Å²) in [7, 11) is 0. The van der Waals surface area contributed by atoms with Gasteiger partial charge in [0.2, 0.25) is 5.91 Å². The summed E-state index contributed by atoms with van der Waals surface area (Å²) in [6, 6.07) is 9.52. The van der Waals surface area contributed by atoms with Gasteiger partial charge in [0.1, 0.15) is 11.8 Å². The molecule has 4 heterocycles. The Kier molecular flexibility index (Phi) is 4.85. The second-order valence-corrected chi connectivity index (χ2v) is 8.46. The summed E-state index contributed by atoms with van der Waals surface area (Å²) >= 11 is 6.14. The van der Waals surface area contributed by atoms with Crippen molar-refractivity contribution in [2.24, 2.45) is 5.41 Å². The first-order valence-electron chi connectivity index (χ1n) is 9.34. The Morgan fingerprint density at radius 3 is 2.86 bits per heavy atom. The van der Waals surface area contributed by atoms with Crippen LogP contribution in [-0.2, 0) is 9.53 Å². The fourth-order valence-corrected chi connectivity index (χ4v) is 3.57. The number of amides is 1. The molecule has 1 aliphatic heterocycles. The minimum Gasteiger partial charge on any atom is -0.368 e. The number of pyridine rings is 2. The number of imidazole rings is 1. The van der Waals surface area contributed by atoms with Crippen molar-refractivity contribution in [3.05, 3.63) is 53.4 Å². The topological polar surface area (TPSA) is 59.7 Å².